The van der Waals surface area contributed by atoms with Gasteiger partial charge in [-0.1, -0.05) is 29.8 Å². The molecule has 0 amide bonds. The van der Waals surface area contributed by atoms with Crippen molar-refractivity contribution in [3.8, 4) is 0 Å². The van der Waals surface area contributed by atoms with E-state index in [1.54, 1.807) is 0 Å². The molecule has 90 valence electrons. The highest BCUT2D eigenvalue weighted by Crippen LogP contribution is 2.24. The van der Waals surface area contributed by atoms with Crippen molar-refractivity contribution in [2.45, 2.75) is 25.9 Å². The van der Waals surface area contributed by atoms with Crippen LogP contribution in [0.25, 0.3) is 0 Å². The van der Waals surface area contributed by atoms with Gasteiger partial charge in [0.25, 0.3) is 0 Å². The van der Waals surface area contributed by atoms with Crippen molar-refractivity contribution in [1.29, 1.82) is 0 Å². The Hall–Kier alpha value is -1.32. The topological polar surface area (TPSA) is 40.7 Å². The van der Waals surface area contributed by atoms with Crippen molar-refractivity contribution in [2.24, 2.45) is 0 Å². The Labute approximate surface area is 106 Å². The molecule has 2 rings (SSSR count). The molecule has 2 aromatic rings. The van der Waals surface area contributed by atoms with Gasteiger partial charge in [0.05, 0.1) is 6.20 Å². The van der Waals surface area contributed by atoms with Crippen molar-refractivity contribution in [3.63, 3.8) is 0 Å². The van der Waals surface area contributed by atoms with Gasteiger partial charge >= 0.3 is 0 Å². The van der Waals surface area contributed by atoms with Crippen LogP contribution in [0, 0.1) is 0 Å². The summed E-state index contributed by atoms with van der Waals surface area (Å²) in [5, 5.41) is 11.1. The van der Waals surface area contributed by atoms with Crippen molar-refractivity contribution >= 4 is 11.6 Å². The van der Waals surface area contributed by atoms with E-state index < -0.39 is 0 Å². The molecular formula is C13H16ClN3. The number of hydrogen-bond donors (Lipinski definition) is 2. The summed E-state index contributed by atoms with van der Waals surface area (Å²) in [6, 6.07) is 8.34. The largest absolute Gasteiger partial charge is 0.303 e. The lowest BCUT2D eigenvalue weighted by Crippen LogP contribution is -2.22. The van der Waals surface area contributed by atoms with E-state index in [9.17, 15) is 0 Å². The second kappa shape index (κ2) is 5.34. The first-order valence-corrected chi connectivity index (χ1v) is 6.05. The third-order valence-electron chi connectivity index (χ3n) is 2.89. The summed E-state index contributed by atoms with van der Waals surface area (Å²) in [4.78, 5) is 0. The van der Waals surface area contributed by atoms with Crippen molar-refractivity contribution < 1.29 is 0 Å². The number of nitrogens with zero attached hydrogens (tertiary/aromatic N) is 1. The van der Waals surface area contributed by atoms with E-state index in [2.05, 4.69) is 29.4 Å². The lowest BCUT2D eigenvalue weighted by Gasteiger charge is -2.20. The maximum atomic E-state index is 6.17. The van der Waals surface area contributed by atoms with Crippen molar-refractivity contribution in [2.75, 3.05) is 0 Å². The van der Waals surface area contributed by atoms with E-state index in [4.69, 9.17) is 11.6 Å². The standard InChI is InChI=1S/C13H16ClN3/c1-9(11-7-15-16-8-11)17-10(2)12-5-3-4-6-13(12)14/h3-10,17H,1-2H3,(H,15,16). The van der Waals surface area contributed by atoms with Gasteiger partial charge in [-0.3, -0.25) is 5.10 Å². The summed E-state index contributed by atoms with van der Waals surface area (Å²) in [5.41, 5.74) is 2.26. The SMILES string of the molecule is CC(NC(C)c1ccccc1Cl)c1cn[nH]c1. The highest BCUT2D eigenvalue weighted by Gasteiger charge is 2.13. The zero-order chi connectivity index (χ0) is 12.3. The smallest absolute Gasteiger partial charge is 0.0534 e. The van der Waals surface area contributed by atoms with Crippen LogP contribution in [0.15, 0.2) is 36.7 Å². The Balaban J connectivity index is 2.07. The monoisotopic (exact) mass is 249 g/mol. The van der Waals surface area contributed by atoms with E-state index in [0.29, 0.717) is 0 Å². The second-order valence-corrected chi connectivity index (χ2v) is 4.57. The highest BCUT2D eigenvalue weighted by atomic mass is 35.5. The van der Waals surface area contributed by atoms with Gasteiger partial charge in [-0.25, -0.2) is 0 Å². The average Bonchev–Trinajstić information content (AvgIpc) is 2.82. The fourth-order valence-corrected chi connectivity index (χ4v) is 2.18. The number of nitrogens with one attached hydrogen (secondary N) is 2. The van der Waals surface area contributed by atoms with E-state index in [1.165, 1.54) is 0 Å². The van der Waals surface area contributed by atoms with Gasteiger partial charge in [-0.05, 0) is 25.5 Å². The average molecular weight is 250 g/mol. The minimum absolute atomic E-state index is 0.202. The van der Waals surface area contributed by atoms with Crippen molar-refractivity contribution in [3.05, 3.63) is 52.8 Å². The molecule has 0 saturated heterocycles. The third kappa shape index (κ3) is 2.87. The number of H-pyrrole nitrogens is 1. The normalized spacial score (nSPS) is 14.5. The van der Waals surface area contributed by atoms with Crippen LogP contribution in [0.3, 0.4) is 0 Å². The zero-order valence-corrected chi connectivity index (χ0v) is 10.7. The number of hydrogen-bond acceptors (Lipinski definition) is 2. The molecule has 4 heteroatoms. The fourth-order valence-electron chi connectivity index (χ4n) is 1.88. The zero-order valence-electron chi connectivity index (χ0n) is 9.94. The molecule has 1 aromatic carbocycles. The summed E-state index contributed by atoms with van der Waals surface area (Å²) in [6.07, 6.45) is 3.73. The minimum Gasteiger partial charge on any atom is -0.303 e. The Morgan fingerprint density at radius 1 is 1.24 bits per heavy atom. The molecule has 3 nitrogen and oxygen atoms in total. The van der Waals surface area contributed by atoms with E-state index in [-0.39, 0.29) is 12.1 Å². The van der Waals surface area contributed by atoms with Gasteiger partial charge in [0.2, 0.25) is 0 Å². The number of rotatable bonds is 4. The molecule has 0 saturated carbocycles. The van der Waals surface area contributed by atoms with Gasteiger partial charge in [-0.15, -0.1) is 0 Å². The first-order chi connectivity index (χ1) is 8.18. The molecule has 0 bridgehead atoms. The first kappa shape index (κ1) is 12.1. The number of halogens is 1. The van der Waals surface area contributed by atoms with Crippen LogP contribution in [0.2, 0.25) is 5.02 Å². The minimum atomic E-state index is 0.202. The lowest BCUT2D eigenvalue weighted by molar-refractivity contribution is 0.495. The molecule has 0 fully saturated rings. The van der Waals surface area contributed by atoms with Crippen LogP contribution in [0.5, 0.6) is 0 Å². The van der Waals surface area contributed by atoms with Crippen LogP contribution >= 0.6 is 11.6 Å². The summed E-state index contributed by atoms with van der Waals surface area (Å²) in [6.45, 7) is 4.22. The molecule has 1 heterocycles. The van der Waals surface area contributed by atoms with Crippen LogP contribution in [-0.2, 0) is 0 Å². The van der Waals surface area contributed by atoms with Gasteiger partial charge in [0, 0.05) is 28.9 Å². The molecule has 0 aliphatic rings. The van der Waals surface area contributed by atoms with Crippen LogP contribution in [0.4, 0.5) is 0 Å². The molecule has 0 aliphatic heterocycles. The second-order valence-electron chi connectivity index (χ2n) is 4.16. The summed E-state index contributed by atoms with van der Waals surface area (Å²) >= 11 is 6.17. The number of aromatic amines is 1. The van der Waals surface area contributed by atoms with E-state index in [0.717, 1.165) is 16.1 Å². The molecule has 0 aliphatic carbocycles. The fraction of sp³-hybridized carbons (Fsp3) is 0.308. The van der Waals surface area contributed by atoms with Gasteiger partial charge in [0.15, 0.2) is 0 Å². The molecule has 1 aromatic heterocycles. The predicted molar refractivity (Wildman–Crippen MR) is 70.0 cm³/mol. The van der Waals surface area contributed by atoms with Crippen LogP contribution in [0.1, 0.15) is 37.1 Å². The number of aromatic nitrogens is 2. The maximum absolute atomic E-state index is 6.17. The maximum Gasteiger partial charge on any atom is 0.0534 e. The Bertz CT molecular complexity index is 467. The molecule has 2 unspecified atom stereocenters. The molecule has 17 heavy (non-hydrogen) atoms. The Morgan fingerprint density at radius 3 is 2.65 bits per heavy atom. The summed E-state index contributed by atoms with van der Waals surface area (Å²) in [7, 11) is 0. The van der Waals surface area contributed by atoms with Gasteiger partial charge < -0.3 is 5.32 Å². The van der Waals surface area contributed by atoms with Crippen LogP contribution < -0.4 is 5.32 Å². The van der Waals surface area contributed by atoms with E-state index in [1.807, 2.05) is 36.7 Å². The predicted octanol–water partition coefficient (Wildman–Crippen LogP) is 3.47. The Kier molecular flexibility index (Phi) is 3.82. The first-order valence-electron chi connectivity index (χ1n) is 5.67. The van der Waals surface area contributed by atoms with E-state index >= 15 is 0 Å². The molecule has 0 radical (unpaired) electrons. The Morgan fingerprint density at radius 2 is 2.00 bits per heavy atom. The van der Waals surface area contributed by atoms with Gasteiger partial charge in [0.1, 0.15) is 0 Å². The molecule has 0 spiro atoms. The third-order valence-corrected chi connectivity index (χ3v) is 3.24. The number of benzene rings is 1. The van der Waals surface area contributed by atoms with Gasteiger partial charge in [-0.2, -0.15) is 5.10 Å². The quantitative estimate of drug-likeness (QED) is 0.871. The molecule has 2 atom stereocenters. The summed E-state index contributed by atoms with van der Waals surface area (Å²) in [5.74, 6) is 0. The molecular weight excluding hydrogens is 234 g/mol. The summed E-state index contributed by atoms with van der Waals surface area (Å²) < 4.78 is 0. The highest BCUT2D eigenvalue weighted by molar-refractivity contribution is 6.31. The lowest BCUT2D eigenvalue weighted by atomic mass is 10.1. The molecule has 2 N–H and O–H groups in total. The van der Waals surface area contributed by atoms with Crippen molar-refractivity contribution in [1.82, 2.24) is 15.5 Å². The van der Waals surface area contributed by atoms with Crippen LogP contribution in [-0.4, -0.2) is 10.2 Å².